The number of rotatable bonds is 2. The Morgan fingerprint density at radius 2 is 2.00 bits per heavy atom. The van der Waals surface area contributed by atoms with Crippen molar-refractivity contribution < 1.29 is 13.5 Å². The molecule has 0 spiro atoms. The van der Waals surface area contributed by atoms with Crippen molar-refractivity contribution in [3.05, 3.63) is 64.8 Å². The Bertz CT molecular complexity index is 1140. The zero-order valence-corrected chi connectivity index (χ0v) is 16.8. The standard InChI is InChI=1S/C21H18ClF2N5O/c1-12-11-30-8-7-28(12)13-5-6-17-18(9-13)29-21(14(22)10-25-29)27-20(26-17)19-15(23)3-2-4-16(19)24/h2-6,9-10,12H,7-8,11H2,1H3,(H,26,27)/t12-/m1/s1. The summed E-state index contributed by atoms with van der Waals surface area (Å²) in [6.45, 7) is 4.16. The van der Waals surface area contributed by atoms with Gasteiger partial charge < -0.3 is 15.0 Å². The smallest absolute Gasteiger partial charge is 0.176 e. The van der Waals surface area contributed by atoms with Crippen LogP contribution in [-0.4, -0.2) is 41.4 Å². The van der Waals surface area contributed by atoms with E-state index in [4.69, 9.17) is 16.3 Å². The number of nitrogens with one attached hydrogen (secondary N) is 1. The second-order valence-corrected chi connectivity index (χ2v) is 7.64. The minimum absolute atomic E-state index is 0.0282. The van der Waals surface area contributed by atoms with Crippen molar-refractivity contribution in [2.24, 2.45) is 4.99 Å². The number of ether oxygens (including phenoxy) is 1. The average Bonchev–Trinajstić information content (AvgIpc) is 3.00. The molecule has 1 N–H and O–H groups in total. The van der Waals surface area contributed by atoms with E-state index in [1.807, 2.05) is 18.2 Å². The van der Waals surface area contributed by atoms with Gasteiger partial charge in [0.05, 0.1) is 36.3 Å². The third kappa shape index (κ3) is 3.12. The first-order chi connectivity index (χ1) is 14.5. The van der Waals surface area contributed by atoms with Crippen LogP contribution in [0.5, 0.6) is 0 Å². The number of halogens is 3. The van der Waals surface area contributed by atoms with Crippen LogP contribution in [0.4, 0.5) is 26.0 Å². The number of morpholine rings is 1. The van der Waals surface area contributed by atoms with Crippen LogP contribution in [0.1, 0.15) is 12.5 Å². The van der Waals surface area contributed by atoms with E-state index in [0.29, 0.717) is 30.4 Å². The van der Waals surface area contributed by atoms with E-state index in [9.17, 15) is 8.78 Å². The Morgan fingerprint density at radius 1 is 1.20 bits per heavy atom. The van der Waals surface area contributed by atoms with Crippen molar-refractivity contribution in [1.29, 1.82) is 0 Å². The van der Waals surface area contributed by atoms with Gasteiger partial charge in [-0.3, -0.25) is 0 Å². The van der Waals surface area contributed by atoms with Crippen LogP contribution < -0.4 is 10.2 Å². The van der Waals surface area contributed by atoms with Crippen molar-refractivity contribution >= 4 is 34.6 Å². The largest absolute Gasteiger partial charge is 0.377 e. The Hall–Kier alpha value is -2.97. The maximum absolute atomic E-state index is 14.5. The fourth-order valence-corrected chi connectivity index (χ4v) is 3.96. The molecule has 1 saturated heterocycles. The summed E-state index contributed by atoms with van der Waals surface area (Å²) in [5, 5.41) is 7.69. The normalized spacial score (nSPS) is 18.2. The maximum Gasteiger partial charge on any atom is 0.176 e. The third-order valence-electron chi connectivity index (χ3n) is 5.28. The Balaban J connectivity index is 1.66. The molecule has 1 atom stereocenters. The van der Waals surface area contributed by atoms with Gasteiger partial charge in [-0.15, -0.1) is 0 Å². The highest BCUT2D eigenvalue weighted by atomic mass is 35.5. The molecule has 2 aliphatic rings. The van der Waals surface area contributed by atoms with E-state index in [-0.39, 0.29) is 22.5 Å². The fourth-order valence-electron chi connectivity index (χ4n) is 3.79. The Kier molecular flexibility index (Phi) is 4.67. The van der Waals surface area contributed by atoms with Gasteiger partial charge in [-0.1, -0.05) is 17.7 Å². The van der Waals surface area contributed by atoms with Crippen molar-refractivity contribution in [2.75, 3.05) is 30.0 Å². The van der Waals surface area contributed by atoms with E-state index in [1.165, 1.54) is 24.4 Å². The lowest BCUT2D eigenvalue weighted by Crippen LogP contribution is -2.43. The van der Waals surface area contributed by atoms with E-state index < -0.39 is 11.6 Å². The topological polar surface area (TPSA) is 54.7 Å². The third-order valence-corrected chi connectivity index (χ3v) is 5.55. The molecule has 9 heteroatoms. The van der Waals surface area contributed by atoms with Gasteiger partial charge in [0.1, 0.15) is 22.5 Å². The highest BCUT2D eigenvalue weighted by Crippen LogP contribution is 2.37. The summed E-state index contributed by atoms with van der Waals surface area (Å²) >= 11 is 6.31. The highest BCUT2D eigenvalue weighted by molar-refractivity contribution is 6.33. The van der Waals surface area contributed by atoms with Gasteiger partial charge in [-0.05, 0) is 37.3 Å². The summed E-state index contributed by atoms with van der Waals surface area (Å²) in [5.41, 5.74) is 2.03. The molecule has 1 fully saturated rings. The molecule has 2 aromatic carbocycles. The predicted molar refractivity (Wildman–Crippen MR) is 112 cm³/mol. The van der Waals surface area contributed by atoms with Crippen molar-refractivity contribution in [2.45, 2.75) is 13.0 Å². The number of aromatic nitrogens is 2. The predicted octanol–water partition coefficient (Wildman–Crippen LogP) is 4.53. The van der Waals surface area contributed by atoms with E-state index in [2.05, 4.69) is 27.2 Å². The van der Waals surface area contributed by atoms with Crippen LogP contribution in [0.2, 0.25) is 5.02 Å². The van der Waals surface area contributed by atoms with Crippen molar-refractivity contribution in [3.8, 4) is 5.69 Å². The molecule has 0 bridgehead atoms. The molecule has 2 aliphatic heterocycles. The number of nitrogens with zero attached hydrogens (tertiary/aromatic N) is 4. The number of hydrogen-bond acceptors (Lipinski definition) is 5. The molecule has 0 amide bonds. The van der Waals surface area contributed by atoms with Gasteiger partial charge in [-0.2, -0.15) is 5.10 Å². The molecule has 30 heavy (non-hydrogen) atoms. The van der Waals surface area contributed by atoms with Crippen LogP contribution in [0.3, 0.4) is 0 Å². The number of hydrogen-bond donors (Lipinski definition) is 1. The maximum atomic E-state index is 14.5. The number of fused-ring (bicyclic) bond motifs is 3. The molecular formula is C21H18ClF2N5O. The molecular weight excluding hydrogens is 412 g/mol. The monoisotopic (exact) mass is 429 g/mol. The van der Waals surface area contributed by atoms with E-state index >= 15 is 0 Å². The fraction of sp³-hybridized carbons (Fsp3) is 0.238. The Morgan fingerprint density at radius 3 is 2.77 bits per heavy atom. The molecule has 3 aromatic rings. The first-order valence-electron chi connectivity index (χ1n) is 9.55. The molecule has 6 nitrogen and oxygen atoms in total. The molecule has 0 saturated carbocycles. The van der Waals surface area contributed by atoms with Crippen molar-refractivity contribution in [3.63, 3.8) is 0 Å². The molecule has 5 rings (SSSR count). The number of aliphatic imine (C=N–C) groups is 1. The number of benzene rings is 2. The van der Waals surface area contributed by atoms with Crippen molar-refractivity contribution in [1.82, 2.24) is 9.78 Å². The van der Waals surface area contributed by atoms with Gasteiger partial charge in [0.2, 0.25) is 0 Å². The summed E-state index contributed by atoms with van der Waals surface area (Å²) in [4.78, 5) is 6.67. The minimum Gasteiger partial charge on any atom is -0.377 e. The van der Waals surface area contributed by atoms with Crippen LogP contribution >= 0.6 is 11.6 Å². The lowest BCUT2D eigenvalue weighted by molar-refractivity contribution is 0.0989. The SMILES string of the molecule is C[C@@H]1COCCN1c1ccc2c(c1)-n1ncc(Cl)c1N=C(c1c(F)cccc1F)N2. The summed E-state index contributed by atoms with van der Waals surface area (Å²) in [6.07, 6.45) is 1.47. The van der Waals surface area contributed by atoms with Gasteiger partial charge in [0.25, 0.3) is 0 Å². The molecule has 0 unspecified atom stereocenters. The lowest BCUT2D eigenvalue weighted by Gasteiger charge is -2.35. The van der Waals surface area contributed by atoms with Crippen LogP contribution in [0, 0.1) is 11.6 Å². The van der Waals surface area contributed by atoms with E-state index in [0.717, 1.165) is 12.2 Å². The van der Waals surface area contributed by atoms with Crippen LogP contribution in [0.15, 0.2) is 47.6 Å². The van der Waals surface area contributed by atoms with Gasteiger partial charge in [-0.25, -0.2) is 18.5 Å². The zero-order chi connectivity index (χ0) is 20.8. The first kappa shape index (κ1) is 19.0. The number of anilines is 2. The number of amidine groups is 1. The average molecular weight is 430 g/mol. The summed E-state index contributed by atoms with van der Waals surface area (Å²) in [5.74, 6) is -1.11. The van der Waals surface area contributed by atoms with E-state index in [1.54, 1.807) is 4.68 Å². The van der Waals surface area contributed by atoms with Crippen LogP contribution in [0.25, 0.3) is 5.69 Å². The quantitative estimate of drug-likeness (QED) is 0.650. The second kappa shape index (κ2) is 7.37. The summed E-state index contributed by atoms with van der Waals surface area (Å²) in [6, 6.07) is 9.69. The second-order valence-electron chi connectivity index (χ2n) is 7.23. The lowest BCUT2D eigenvalue weighted by atomic mass is 10.1. The Labute approximate surface area is 176 Å². The van der Waals surface area contributed by atoms with Crippen LogP contribution in [-0.2, 0) is 4.74 Å². The van der Waals surface area contributed by atoms with Gasteiger partial charge in [0.15, 0.2) is 5.82 Å². The highest BCUT2D eigenvalue weighted by Gasteiger charge is 2.26. The molecule has 1 aromatic heterocycles. The molecule has 0 aliphatic carbocycles. The first-order valence-corrected chi connectivity index (χ1v) is 9.93. The zero-order valence-electron chi connectivity index (χ0n) is 16.1. The summed E-state index contributed by atoms with van der Waals surface area (Å²) < 4.78 is 36.0. The van der Waals surface area contributed by atoms with Gasteiger partial charge >= 0.3 is 0 Å². The molecule has 154 valence electrons. The molecule has 0 radical (unpaired) electrons. The minimum atomic E-state index is -0.717. The summed E-state index contributed by atoms with van der Waals surface area (Å²) in [7, 11) is 0. The van der Waals surface area contributed by atoms with Gasteiger partial charge in [0, 0.05) is 18.3 Å². The molecule has 3 heterocycles.